The van der Waals surface area contributed by atoms with E-state index >= 15 is 0 Å². The summed E-state index contributed by atoms with van der Waals surface area (Å²) in [6.07, 6.45) is 0. The zero-order valence-electron chi connectivity index (χ0n) is 11.2. The predicted molar refractivity (Wildman–Crippen MR) is 75.1 cm³/mol. The number of hydrogen-bond acceptors (Lipinski definition) is 4. The van der Waals surface area contributed by atoms with E-state index in [0.717, 1.165) is 41.5 Å². The van der Waals surface area contributed by atoms with Crippen molar-refractivity contribution in [3.05, 3.63) is 28.8 Å². The van der Waals surface area contributed by atoms with E-state index in [0.29, 0.717) is 6.61 Å². The Morgan fingerprint density at radius 2 is 2.16 bits per heavy atom. The summed E-state index contributed by atoms with van der Waals surface area (Å²) >= 11 is 5.64. The van der Waals surface area contributed by atoms with E-state index in [4.69, 9.17) is 25.8 Å². The van der Waals surface area contributed by atoms with E-state index in [1.165, 1.54) is 5.54 Å². The molecule has 1 aromatic rings. The average molecular weight is 284 g/mol. The third-order valence-corrected chi connectivity index (χ3v) is 3.14. The first-order valence-electron chi connectivity index (χ1n) is 6.26. The van der Waals surface area contributed by atoms with Gasteiger partial charge in [-0.25, -0.2) is 0 Å². The first-order chi connectivity index (χ1) is 9.24. The van der Waals surface area contributed by atoms with E-state index in [9.17, 15) is 0 Å². The number of nitrogens with one attached hydrogen (secondary N) is 1. The van der Waals surface area contributed by atoms with E-state index in [-0.39, 0.29) is 6.79 Å². The Balaban J connectivity index is 2.18. The molecule has 4 nitrogen and oxygen atoms in total. The van der Waals surface area contributed by atoms with Crippen LogP contribution < -0.4 is 19.5 Å². The number of hydrogen-bond donors (Lipinski definition) is 1. The number of halogens is 1. The highest BCUT2D eigenvalue weighted by Gasteiger charge is 2.17. The van der Waals surface area contributed by atoms with E-state index < -0.39 is 0 Å². The van der Waals surface area contributed by atoms with Crippen molar-refractivity contribution in [2.45, 2.75) is 20.4 Å². The minimum Gasteiger partial charge on any atom is -0.489 e. The SMILES string of the molecule is CCNCc1cc2c(cc1OC/C(C)=C/Cl)OCO2. The van der Waals surface area contributed by atoms with Crippen LogP contribution in [-0.4, -0.2) is 19.9 Å². The third-order valence-electron chi connectivity index (χ3n) is 2.76. The van der Waals surface area contributed by atoms with E-state index in [1.807, 2.05) is 19.1 Å². The maximum Gasteiger partial charge on any atom is 0.231 e. The maximum atomic E-state index is 5.78. The first-order valence-corrected chi connectivity index (χ1v) is 6.70. The van der Waals surface area contributed by atoms with Crippen LogP contribution in [0.5, 0.6) is 17.2 Å². The molecule has 0 unspecified atom stereocenters. The molecule has 1 N–H and O–H groups in total. The topological polar surface area (TPSA) is 39.7 Å². The van der Waals surface area contributed by atoms with Gasteiger partial charge in [-0.2, -0.15) is 0 Å². The summed E-state index contributed by atoms with van der Waals surface area (Å²) in [4.78, 5) is 0. The predicted octanol–water partition coefficient (Wildman–Crippen LogP) is 3.05. The highest BCUT2D eigenvalue weighted by Crippen LogP contribution is 2.38. The molecule has 19 heavy (non-hydrogen) atoms. The van der Waals surface area contributed by atoms with Crippen LogP contribution in [0.15, 0.2) is 23.2 Å². The van der Waals surface area contributed by atoms with Crippen molar-refractivity contribution in [1.82, 2.24) is 5.32 Å². The van der Waals surface area contributed by atoms with Crippen LogP contribution in [0.25, 0.3) is 0 Å². The lowest BCUT2D eigenvalue weighted by molar-refractivity contribution is 0.174. The molecule has 104 valence electrons. The van der Waals surface area contributed by atoms with Crippen molar-refractivity contribution in [3.63, 3.8) is 0 Å². The Morgan fingerprint density at radius 3 is 2.84 bits per heavy atom. The summed E-state index contributed by atoms with van der Waals surface area (Å²) < 4.78 is 16.5. The van der Waals surface area contributed by atoms with Gasteiger partial charge >= 0.3 is 0 Å². The summed E-state index contributed by atoms with van der Waals surface area (Å²) in [6, 6.07) is 3.83. The maximum absolute atomic E-state index is 5.78. The fourth-order valence-corrected chi connectivity index (χ4v) is 1.78. The van der Waals surface area contributed by atoms with Gasteiger partial charge in [0.15, 0.2) is 11.5 Å². The highest BCUT2D eigenvalue weighted by molar-refractivity contribution is 6.25. The zero-order valence-corrected chi connectivity index (χ0v) is 11.9. The van der Waals surface area contributed by atoms with Gasteiger partial charge in [0.1, 0.15) is 12.4 Å². The lowest BCUT2D eigenvalue weighted by Gasteiger charge is -2.13. The molecule has 0 fully saturated rings. The second-order valence-corrected chi connectivity index (χ2v) is 4.56. The van der Waals surface area contributed by atoms with Crippen LogP contribution in [0.3, 0.4) is 0 Å². The molecule has 0 spiro atoms. The smallest absolute Gasteiger partial charge is 0.231 e. The fraction of sp³-hybridized carbons (Fsp3) is 0.429. The van der Waals surface area contributed by atoms with Crippen molar-refractivity contribution >= 4 is 11.6 Å². The van der Waals surface area contributed by atoms with Crippen LogP contribution in [0, 0.1) is 0 Å². The van der Waals surface area contributed by atoms with Gasteiger partial charge in [0.25, 0.3) is 0 Å². The normalized spacial score (nSPS) is 13.7. The van der Waals surface area contributed by atoms with Gasteiger partial charge in [-0.05, 0) is 25.1 Å². The lowest BCUT2D eigenvalue weighted by Crippen LogP contribution is -2.13. The molecule has 1 heterocycles. The summed E-state index contributed by atoms with van der Waals surface area (Å²) in [7, 11) is 0. The summed E-state index contributed by atoms with van der Waals surface area (Å²) in [5.74, 6) is 2.29. The van der Waals surface area contributed by atoms with Gasteiger partial charge in [-0.3, -0.25) is 0 Å². The molecule has 0 aliphatic carbocycles. The van der Waals surface area contributed by atoms with Crippen LogP contribution in [0.2, 0.25) is 0 Å². The molecule has 0 amide bonds. The molecule has 0 saturated carbocycles. The molecule has 1 aromatic carbocycles. The van der Waals surface area contributed by atoms with Crippen LogP contribution >= 0.6 is 11.6 Å². The van der Waals surface area contributed by atoms with E-state index in [2.05, 4.69) is 12.2 Å². The largest absolute Gasteiger partial charge is 0.489 e. The van der Waals surface area contributed by atoms with Gasteiger partial charge < -0.3 is 19.5 Å². The van der Waals surface area contributed by atoms with Gasteiger partial charge in [0.2, 0.25) is 6.79 Å². The molecule has 0 saturated heterocycles. The van der Waals surface area contributed by atoms with Crippen molar-refractivity contribution in [2.75, 3.05) is 19.9 Å². The Morgan fingerprint density at radius 1 is 1.42 bits per heavy atom. The number of rotatable bonds is 6. The first kappa shape index (κ1) is 14.0. The second kappa shape index (κ2) is 6.68. The van der Waals surface area contributed by atoms with Crippen molar-refractivity contribution in [3.8, 4) is 17.2 Å². The monoisotopic (exact) mass is 283 g/mol. The molecule has 0 atom stereocenters. The molecule has 1 aliphatic rings. The van der Waals surface area contributed by atoms with E-state index in [1.54, 1.807) is 0 Å². The Labute approximate surface area is 118 Å². The summed E-state index contributed by atoms with van der Waals surface area (Å²) in [5.41, 5.74) is 3.54. The summed E-state index contributed by atoms with van der Waals surface area (Å²) in [5, 5.41) is 3.28. The third kappa shape index (κ3) is 3.55. The van der Waals surface area contributed by atoms with Crippen LogP contribution in [0.1, 0.15) is 19.4 Å². The quantitative estimate of drug-likeness (QED) is 0.871. The number of ether oxygens (including phenoxy) is 3. The standard InChI is InChI=1S/C14H18ClNO3/c1-3-16-7-11-4-13-14(19-9-18-13)5-12(11)17-8-10(2)6-15/h4-6,16H,3,7-9H2,1-2H3/b10-6+. The fourth-order valence-electron chi connectivity index (χ4n) is 1.72. The van der Waals surface area contributed by atoms with Crippen molar-refractivity contribution in [2.24, 2.45) is 0 Å². The minimum atomic E-state index is 0.264. The Kier molecular flexibility index (Phi) is 4.93. The van der Waals surface area contributed by atoms with Crippen molar-refractivity contribution in [1.29, 1.82) is 0 Å². The molecule has 5 heteroatoms. The lowest BCUT2D eigenvalue weighted by atomic mass is 10.1. The van der Waals surface area contributed by atoms with Gasteiger partial charge in [0, 0.05) is 23.7 Å². The van der Waals surface area contributed by atoms with Gasteiger partial charge in [0.05, 0.1) is 0 Å². The molecule has 0 aromatic heterocycles. The van der Waals surface area contributed by atoms with Crippen LogP contribution in [0.4, 0.5) is 0 Å². The van der Waals surface area contributed by atoms with Gasteiger partial charge in [-0.15, -0.1) is 0 Å². The minimum absolute atomic E-state index is 0.264. The van der Waals surface area contributed by atoms with Gasteiger partial charge in [-0.1, -0.05) is 18.5 Å². The number of fused-ring (bicyclic) bond motifs is 1. The average Bonchev–Trinajstić information content (AvgIpc) is 2.88. The molecular formula is C14H18ClNO3. The Bertz CT molecular complexity index is 474. The summed E-state index contributed by atoms with van der Waals surface area (Å²) in [6.45, 7) is 6.33. The van der Waals surface area contributed by atoms with Crippen molar-refractivity contribution < 1.29 is 14.2 Å². The molecular weight excluding hydrogens is 266 g/mol. The Hall–Kier alpha value is -1.39. The molecule has 0 bridgehead atoms. The zero-order chi connectivity index (χ0) is 13.7. The molecule has 2 rings (SSSR count). The number of benzene rings is 1. The molecule has 1 aliphatic heterocycles. The second-order valence-electron chi connectivity index (χ2n) is 4.34. The van der Waals surface area contributed by atoms with Crippen LogP contribution in [-0.2, 0) is 6.54 Å². The molecule has 0 radical (unpaired) electrons. The highest BCUT2D eigenvalue weighted by atomic mass is 35.5.